The zero-order chi connectivity index (χ0) is 18.9. The standard InChI is InChI=1S/C17H22N4O3S2/c1-4-14-20-21-17(26-14)19-16(23)12(9-10-25-3)18-15(22)11-7-5-6-8-13(11)24-2/h5-8,12H,4,9-10H2,1-3H3,(H,18,22)(H,19,21,23)/t12-/m1/s1. The fraction of sp³-hybridized carbons (Fsp3) is 0.412. The number of methoxy groups -OCH3 is 1. The number of hydrogen-bond acceptors (Lipinski definition) is 7. The molecule has 1 heterocycles. The van der Waals surface area contributed by atoms with Gasteiger partial charge in [0.1, 0.15) is 16.8 Å². The second-order valence-corrected chi connectivity index (χ2v) is 7.40. The summed E-state index contributed by atoms with van der Waals surface area (Å²) in [7, 11) is 1.50. The highest BCUT2D eigenvalue weighted by atomic mass is 32.2. The van der Waals surface area contributed by atoms with Crippen LogP contribution in [0.1, 0.15) is 28.7 Å². The zero-order valence-corrected chi connectivity index (χ0v) is 16.6. The summed E-state index contributed by atoms with van der Waals surface area (Å²) in [5.74, 6) is 0.544. The fourth-order valence-corrected chi connectivity index (χ4v) is 3.37. The largest absolute Gasteiger partial charge is 0.496 e. The van der Waals surface area contributed by atoms with E-state index in [-0.39, 0.29) is 11.8 Å². The van der Waals surface area contributed by atoms with Crippen molar-refractivity contribution in [3.05, 3.63) is 34.8 Å². The minimum absolute atomic E-state index is 0.305. The highest BCUT2D eigenvalue weighted by molar-refractivity contribution is 7.98. The summed E-state index contributed by atoms with van der Waals surface area (Å²) in [6, 6.07) is 6.24. The third kappa shape index (κ3) is 5.43. The first kappa shape index (κ1) is 20.2. The first-order chi connectivity index (χ1) is 12.6. The van der Waals surface area contributed by atoms with Crippen LogP contribution in [-0.2, 0) is 11.2 Å². The number of carbonyl (C=O) groups excluding carboxylic acids is 2. The number of hydrogen-bond donors (Lipinski definition) is 2. The highest BCUT2D eigenvalue weighted by Gasteiger charge is 2.23. The van der Waals surface area contributed by atoms with Crippen molar-refractivity contribution in [1.82, 2.24) is 15.5 Å². The number of amides is 2. The maximum Gasteiger partial charge on any atom is 0.255 e. The van der Waals surface area contributed by atoms with Crippen LogP contribution in [0.4, 0.5) is 5.13 Å². The Bertz CT molecular complexity index is 751. The predicted octanol–water partition coefficient (Wildman–Crippen LogP) is 2.60. The van der Waals surface area contributed by atoms with Crippen LogP contribution in [0.5, 0.6) is 5.75 Å². The van der Waals surface area contributed by atoms with Gasteiger partial charge in [-0.05, 0) is 37.0 Å². The van der Waals surface area contributed by atoms with Gasteiger partial charge >= 0.3 is 0 Å². The molecule has 7 nitrogen and oxygen atoms in total. The molecule has 0 saturated heterocycles. The van der Waals surface area contributed by atoms with Crippen LogP contribution in [0.2, 0.25) is 0 Å². The van der Waals surface area contributed by atoms with Gasteiger partial charge in [-0.15, -0.1) is 10.2 Å². The summed E-state index contributed by atoms with van der Waals surface area (Å²) in [5, 5.41) is 14.8. The van der Waals surface area contributed by atoms with Crippen molar-refractivity contribution in [3.8, 4) is 5.75 Å². The average molecular weight is 395 g/mol. The van der Waals surface area contributed by atoms with E-state index in [4.69, 9.17) is 4.74 Å². The van der Waals surface area contributed by atoms with E-state index < -0.39 is 6.04 Å². The maximum absolute atomic E-state index is 12.6. The van der Waals surface area contributed by atoms with E-state index in [1.54, 1.807) is 36.0 Å². The molecule has 0 saturated carbocycles. The predicted molar refractivity (Wildman–Crippen MR) is 105 cm³/mol. The number of thioether (sulfide) groups is 1. The van der Waals surface area contributed by atoms with Crippen molar-refractivity contribution in [2.75, 3.05) is 24.4 Å². The van der Waals surface area contributed by atoms with Crippen molar-refractivity contribution >= 4 is 40.0 Å². The molecule has 0 aliphatic heterocycles. The topological polar surface area (TPSA) is 93.2 Å². The molecule has 0 radical (unpaired) electrons. The molecule has 26 heavy (non-hydrogen) atoms. The average Bonchev–Trinajstić information content (AvgIpc) is 3.12. The van der Waals surface area contributed by atoms with Gasteiger partial charge in [0.25, 0.3) is 5.91 Å². The Hall–Kier alpha value is -2.13. The van der Waals surface area contributed by atoms with E-state index >= 15 is 0 Å². The summed E-state index contributed by atoms with van der Waals surface area (Å²) >= 11 is 2.94. The molecule has 0 spiro atoms. The molecule has 0 aliphatic carbocycles. The fourth-order valence-electron chi connectivity index (χ4n) is 2.21. The second-order valence-electron chi connectivity index (χ2n) is 5.35. The number of nitrogens with zero attached hydrogens (tertiary/aromatic N) is 2. The summed E-state index contributed by atoms with van der Waals surface area (Å²) in [5.41, 5.74) is 0.390. The summed E-state index contributed by atoms with van der Waals surface area (Å²) in [6.45, 7) is 1.97. The smallest absolute Gasteiger partial charge is 0.255 e. The van der Waals surface area contributed by atoms with Crippen molar-refractivity contribution in [2.24, 2.45) is 0 Å². The number of aromatic nitrogens is 2. The third-order valence-corrected chi connectivity index (χ3v) is 5.21. The van der Waals surface area contributed by atoms with E-state index in [1.165, 1.54) is 18.4 Å². The number of para-hydroxylation sites is 1. The number of nitrogens with one attached hydrogen (secondary N) is 2. The lowest BCUT2D eigenvalue weighted by Crippen LogP contribution is -2.44. The van der Waals surface area contributed by atoms with Gasteiger partial charge in [-0.25, -0.2) is 0 Å². The molecule has 0 bridgehead atoms. The SMILES string of the molecule is CCc1nnc(NC(=O)[C@@H](CCSC)NC(=O)c2ccccc2OC)s1. The Morgan fingerprint density at radius 3 is 2.73 bits per heavy atom. The molecule has 9 heteroatoms. The van der Waals surface area contributed by atoms with Crippen LogP contribution in [0.25, 0.3) is 0 Å². The van der Waals surface area contributed by atoms with Crippen molar-refractivity contribution in [3.63, 3.8) is 0 Å². The number of carbonyl (C=O) groups is 2. The van der Waals surface area contributed by atoms with Crippen molar-refractivity contribution in [2.45, 2.75) is 25.8 Å². The lowest BCUT2D eigenvalue weighted by molar-refractivity contribution is -0.118. The van der Waals surface area contributed by atoms with Gasteiger partial charge in [-0.1, -0.05) is 30.4 Å². The molecule has 1 aromatic carbocycles. The van der Waals surface area contributed by atoms with Crippen LogP contribution >= 0.6 is 23.1 Å². The second kappa shape index (κ2) is 10.1. The summed E-state index contributed by atoms with van der Waals surface area (Å²) in [6.07, 6.45) is 3.22. The van der Waals surface area contributed by atoms with E-state index in [1.807, 2.05) is 13.2 Å². The molecular formula is C17H22N4O3S2. The molecule has 1 atom stereocenters. The number of rotatable bonds is 9. The minimum Gasteiger partial charge on any atom is -0.496 e. The molecule has 2 N–H and O–H groups in total. The Labute approximate surface area is 160 Å². The molecule has 140 valence electrons. The molecular weight excluding hydrogens is 372 g/mol. The van der Waals surface area contributed by atoms with E-state index in [0.29, 0.717) is 22.9 Å². The monoisotopic (exact) mass is 394 g/mol. The van der Waals surface area contributed by atoms with Gasteiger partial charge in [-0.2, -0.15) is 11.8 Å². The van der Waals surface area contributed by atoms with Gasteiger partial charge in [0, 0.05) is 0 Å². The lowest BCUT2D eigenvalue weighted by atomic mass is 10.1. The van der Waals surface area contributed by atoms with Crippen LogP contribution in [0.3, 0.4) is 0 Å². The van der Waals surface area contributed by atoms with Gasteiger partial charge in [0.05, 0.1) is 12.7 Å². The quantitative estimate of drug-likeness (QED) is 0.679. The van der Waals surface area contributed by atoms with Gasteiger partial charge in [0.2, 0.25) is 11.0 Å². The van der Waals surface area contributed by atoms with Gasteiger partial charge < -0.3 is 10.1 Å². The van der Waals surface area contributed by atoms with E-state index in [0.717, 1.165) is 17.2 Å². The Morgan fingerprint density at radius 1 is 1.31 bits per heavy atom. The van der Waals surface area contributed by atoms with Crippen molar-refractivity contribution < 1.29 is 14.3 Å². The van der Waals surface area contributed by atoms with E-state index in [2.05, 4.69) is 20.8 Å². The van der Waals surface area contributed by atoms with Gasteiger partial charge in [-0.3, -0.25) is 14.9 Å². The highest BCUT2D eigenvalue weighted by Crippen LogP contribution is 2.19. The minimum atomic E-state index is -0.672. The van der Waals surface area contributed by atoms with Crippen LogP contribution < -0.4 is 15.4 Å². The summed E-state index contributed by atoms with van der Waals surface area (Å²) < 4.78 is 5.22. The summed E-state index contributed by atoms with van der Waals surface area (Å²) in [4.78, 5) is 25.2. The Kier molecular flexibility index (Phi) is 7.86. The van der Waals surface area contributed by atoms with Crippen molar-refractivity contribution in [1.29, 1.82) is 0 Å². The lowest BCUT2D eigenvalue weighted by Gasteiger charge is -2.18. The molecule has 2 aromatic rings. The van der Waals surface area contributed by atoms with E-state index in [9.17, 15) is 9.59 Å². The van der Waals surface area contributed by atoms with Crippen LogP contribution in [-0.4, -0.2) is 47.2 Å². The maximum atomic E-state index is 12.6. The molecule has 0 aliphatic rings. The molecule has 0 fully saturated rings. The molecule has 2 rings (SSSR count). The third-order valence-electron chi connectivity index (χ3n) is 3.58. The number of anilines is 1. The normalized spacial score (nSPS) is 11.7. The Morgan fingerprint density at radius 2 is 2.08 bits per heavy atom. The van der Waals surface area contributed by atoms with Crippen LogP contribution in [0.15, 0.2) is 24.3 Å². The first-order valence-corrected chi connectivity index (χ1v) is 10.4. The number of benzene rings is 1. The first-order valence-electron chi connectivity index (χ1n) is 8.15. The molecule has 0 unspecified atom stereocenters. The zero-order valence-electron chi connectivity index (χ0n) is 14.9. The Balaban J connectivity index is 2.10. The van der Waals surface area contributed by atoms with Crippen LogP contribution in [0, 0.1) is 0 Å². The van der Waals surface area contributed by atoms with Gasteiger partial charge in [0.15, 0.2) is 0 Å². The number of ether oxygens (including phenoxy) is 1. The molecule has 1 aromatic heterocycles. The number of aryl methyl sites for hydroxylation is 1. The molecule has 2 amide bonds.